The third-order valence-electron chi connectivity index (χ3n) is 2.93. The van der Waals surface area contributed by atoms with E-state index in [2.05, 4.69) is 0 Å². The maximum Gasteiger partial charge on any atom is 0.184 e. The summed E-state index contributed by atoms with van der Waals surface area (Å²) in [5, 5.41) is 9.78. The molecular weight excluding hydrogens is 274 g/mol. The fourth-order valence-electron chi connectivity index (χ4n) is 1.91. The quantitative estimate of drug-likeness (QED) is 0.802. The Balaban J connectivity index is 2.37. The number of nitrogens with zero attached hydrogens (tertiary/aromatic N) is 1. The van der Waals surface area contributed by atoms with Crippen LogP contribution in [-0.2, 0) is 0 Å². The summed E-state index contributed by atoms with van der Waals surface area (Å²) in [4.78, 5) is 12.4. The number of ketones is 1. The monoisotopic (exact) mass is 285 g/mol. The van der Waals surface area contributed by atoms with E-state index in [4.69, 9.17) is 16.3 Å². The van der Waals surface area contributed by atoms with E-state index in [-0.39, 0.29) is 5.78 Å². The van der Waals surface area contributed by atoms with Gasteiger partial charge in [-0.05, 0) is 29.8 Å². The number of carbonyl (C=O) groups excluding carboxylic acids is 1. The molecule has 2 aromatic carbocycles. The first-order chi connectivity index (χ1) is 9.65. The van der Waals surface area contributed by atoms with Gasteiger partial charge in [0.1, 0.15) is 11.7 Å². The van der Waals surface area contributed by atoms with Crippen LogP contribution in [0.2, 0.25) is 5.02 Å². The molecule has 3 nitrogen and oxygen atoms in total. The smallest absolute Gasteiger partial charge is 0.184 e. The largest absolute Gasteiger partial charge is 0.497 e. The second-order valence-electron chi connectivity index (χ2n) is 4.21. The van der Waals surface area contributed by atoms with Crippen LogP contribution >= 0.6 is 11.6 Å². The fraction of sp³-hybridized carbons (Fsp3) is 0.125. The molecule has 4 heteroatoms. The van der Waals surface area contributed by atoms with Gasteiger partial charge in [0, 0.05) is 10.6 Å². The maximum absolute atomic E-state index is 12.4. The van der Waals surface area contributed by atoms with Crippen molar-refractivity contribution < 1.29 is 9.53 Å². The van der Waals surface area contributed by atoms with Crippen LogP contribution in [0.15, 0.2) is 48.5 Å². The predicted molar refractivity (Wildman–Crippen MR) is 77.1 cm³/mol. The maximum atomic E-state index is 12.4. The molecule has 0 fully saturated rings. The molecule has 1 atom stereocenters. The molecule has 100 valence electrons. The molecule has 0 aliphatic heterocycles. The van der Waals surface area contributed by atoms with Gasteiger partial charge in [-0.1, -0.05) is 35.9 Å². The summed E-state index contributed by atoms with van der Waals surface area (Å²) in [6.07, 6.45) is 0. The zero-order valence-corrected chi connectivity index (χ0v) is 11.6. The van der Waals surface area contributed by atoms with Gasteiger partial charge < -0.3 is 4.74 Å². The van der Waals surface area contributed by atoms with Gasteiger partial charge in [-0.3, -0.25) is 4.79 Å². The SMILES string of the molecule is COc1cccc(C(=O)C(C#N)c2cccc(Cl)c2)c1. The Bertz CT molecular complexity index is 676. The molecule has 0 aromatic heterocycles. The van der Waals surface area contributed by atoms with Crippen LogP contribution in [-0.4, -0.2) is 12.9 Å². The lowest BCUT2D eigenvalue weighted by atomic mass is 9.92. The highest BCUT2D eigenvalue weighted by Crippen LogP contribution is 2.24. The van der Waals surface area contributed by atoms with Crippen molar-refractivity contribution in [1.82, 2.24) is 0 Å². The Hall–Kier alpha value is -2.31. The number of carbonyl (C=O) groups is 1. The van der Waals surface area contributed by atoms with Gasteiger partial charge >= 0.3 is 0 Å². The third kappa shape index (κ3) is 2.98. The summed E-state index contributed by atoms with van der Waals surface area (Å²) in [6.45, 7) is 0. The summed E-state index contributed by atoms with van der Waals surface area (Å²) in [7, 11) is 1.53. The second kappa shape index (κ2) is 6.23. The highest BCUT2D eigenvalue weighted by Gasteiger charge is 2.22. The van der Waals surface area contributed by atoms with Crippen molar-refractivity contribution in [3.05, 3.63) is 64.7 Å². The number of nitriles is 1. The van der Waals surface area contributed by atoms with E-state index in [0.717, 1.165) is 0 Å². The Morgan fingerprint density at radius 2 is 2.00 bits per heavy atom. The van der Waals surface area contributed by atoms with Crippen molar-refractivity contribution in [1.29, 1.82) is 5.26 Å². The van der Waals surface area contributed by atoms with Gasteiger partial charge in [-0.15, -0.1) is 0 Å². The van der Waals surface area contributed by atoms with Gasteiger partial charge in [-0.25, -0.2) is 0 Å². The first-order valence-electron chi connectivity index (χ1n) is 5.99. The summed E-state index contributed by atoms with van der Waals surface area (Å²) in [5.74, 6) is -0.562. The summed E-state index contributed by atoms with van der Waals surface area (Å²) in [6, 6.07) is 15.6. The number of hydrogen-bond donors (Lipinski definition) is 0. The van der Waals surface area contributed by atoms with E-state index >= 15 is 0 Å². The molecule has 0 heterocycles. The Morgan fingerprint density at radius 1 is 1.25 bits per heavy atom. The van der Waals surface area contributed by atoms with E-state index in [0.29, 0.717) is 21.9 Å². The number of benzene rings is 2. The van der Waals surface area contributed by atoms with E-state index in [1.807, 2.05) is 6.07 Å². The molecule has 0 bridgehead atoms. The summed E-state index contributed by atoms with van der Waals surface area (Å²) >= 11 is 5.90. The molecule has 0 amide bonds. The molecule has 2 rings (SSSR count). The fourth-order valence-corrected chi connectivity index (χ4v) is 2.11. The lowest BCUT2D eigenvalue weighted by Gasteiger charge is -2.10. The van der Waals surface area contributed by atoms with Crippen molar-refractivity contribution in [2.45, 2.75) is 5.92 Å². The van der Waals surface area contributed by atoms with Crippen LogP contribution in [0, 0.1) is 11.3 Å². The van der Waals surface area contributed by atoms with Crippen LogP contribution < -0.4 is 4.74 Å². The molecule has 2 aromatic rings. The topological polar surface area (TPSA) is 50.1 Å². The number of methoxy groups -OCH3 is 1. The molecular formula is C16H12ClNO2. The first kappa shape index (κ1) is 14.1. The highest BCUT2D eigenvalue weighted by molar-refractivity contribution is 6.30. The van der Waals surface area contributed by atoms with E-state index in [9.17, 15) is 10.1 Å². The average Bonchev–Trinajstić information content (AvgIpc) is 2.48. The normalized spacial score (nSPS) is 11.4. The molecule has 1 unspecified atom stereocenters. The van der Waals surface area contributed by atoms with Crippen molar-refractivity contribution in [2.24, 2.45) is 0 Å². The van der Waals surface area contributed by atoms with E-state index in [1.165, 1.54) is 7.11 Å². The molecule has 0 aliphatic carbocycles. The van der Waals surface area contributed by atoms with Gasteiger partial charge in [0.05, 0.1) is 13.2 Å². The van der Waals surface area contributed by atoms with Crippen LogP contribution in [0.3, 0.4) is 0 Å². The second-order valence-corrected chi connectivity index (χ2v) is 4.65. The Kier molecular flexibility index (Phi) is 4.39. The average molecular weight is 286 g/mol. The zero-order chi connectivity index (χ0) is 14.5. The van der Waals surface area contributed by atoms with Gasteiger partial charge in [-0.2, -0.15) is 5.26 Å². The number of rotatable bonds is 4. The van der Waals surface area contributed by atoms with Crippen LogP contribution in [0.4, 0.5) is 0 Å². The highest BCUT2D eigenvalue weighted by atomic mass is 35.5. The predicted octanol–water partition coefficient (Wildman–Crippen LogP) is 3.84. The van der Waals surface area contributed by atoms with E-state index < -0.39 is 5.92 Å². The van der Waals surface area contributed by atoms with Crippen molar-refractivity contribution in [3.63, 3.8) is 0 Å². The molecule has 0 N–H and O–H groups in total. The van der Waals surface area contributed by atoms with Crippen molar-refractivity contribution in [2.75, 3.05) is 7.11 Å². The molecule has 0 radical (unpaired) electrons. The standard InChI is InChI=1S/C16H12ClNO2/c1-20-14-7-3-5-12(9-14)16(19)15(10-18)11-4-2-6-13(17)8-11/h2-9,15H,1H3. The minimum Gasteiger partial charge on any atom is -0.497 e. The lowest BCUT2D eigenvalue weighted by molar-refractivity contribution is 0.0978. The van der Waals surface area contributed by atoms with Crippen LogP contribution in [0.1, 0.15) is 21.8 Å². The number of hydrogen-bond acceptors (Lipinski definition) is 3. The molecule has 0 aliphatic rings. The van der Waals surface area contributed by atoms with Crippen LogP contribution in [0.25, 0.3) is 0 Å². The van der Waals surface area contributed by atoms with Crippen molar-refractivity contribution >= 4 is 17.4 Å². The molecule has 0 saturated heterocycles. The number of halogens is 1. The zero-order valence-electron chi connectivity index (χ0n) is 10.8. The van der Waals surface area contributed by atoms with Gasteiger partial charge in [0.2, 0.25) is 0 Å². The summed E-state index contributed by atoms with van der Waals surface area (Å²) < 4.78 is 5.09. The van der Waals surface area contributed by atoms with Crippen LogP contribution in [0.5, 0.6) is 5.75 Å². The third-order valence-corrected chi connectivity index (χ3v) is 3.16. The summed E-state index contributed by atoms with van der Waals surface area (Å²) in [5.41, 5.74) is 1.03. The number of ether oxygens (including phenoxy) is 1. The molecule has 20 heavy (non-hydrogen) atoms. The Morgan fingerprint density at radius 3 is 2.65 bits per heavy atom. The Labute approximate surface area is 122 Å². The van der Waals surface area contributed by atoms with Gasteiger partial charge in [0.15, 0.2) is 5.78 Å². The van der Waals surface area contributed by atoms with E-state index in [1.54, 1.807) is 48.5 Å². The van der Waals surface area contributed by atoms with Gasteiger partial charge in [0.25, 0.3) is 0 Å². The minimum absolute atomic E-state index is 0.270. The molecule has 0 spiro atoms. The lowest BCUT2D eigenvalue weighted by Crippen LogP contribution is -2.11. The minimum atomic E-state index is -0.874. The molecule has 0 saturated carbocycles. The first-order valence-corrected chi connectivity index (χ1v) is 6.37. The van der Waals surface area contributed by atoms with Crippen molar-refractivity contribution in [3.8, 4) is 11.8 Å². The number of Topliss-reactive ketones (excluding diaryl/α,β-unsaturated/α-hetero) is 1.